The van der Waals surface area contributed by atoms with Crippen LogP contribution in [0.3, 0.4) is 0 Å². The maximum Gasteiger partial charge on any atom is 0.338 e. The summed E-state index contributed by atoms with van der Waals surface area (Å²) in [5.74, 6) is 0.345. The molecule has 3 aromatic rings. The van der Waals surface area contributed by atoms with Gasteiger partial charge in [-0.1, -0.05) is 36.4 Å². The Kier molecular flexibility index (Phi) is 5.65. The van der Waals surface area contributed by atoms with Crippen molar-refractivity contribution in [1.29, 1.82) is 0 Å². The maximum atomic E-state index is 12.9. The van der Waals surface area contributed by atoms with Crippen LogP contribution < -0.4 is 9.46 Å². The molecule has 0 heterocycles. The third-order valence-electron chi connectivity index (χ3n) is 4.03. The van der Waals surface area contributed by atoms with Crippen molar-refractivity contribution in [2.45, 2.75) is 11.8 Å². The largest absolute Gasteiger partial charge is 0.465 e. The number of aryl methyl sites for hydroxylation is 1. The van der Waals surface area contributed by atoms with Gasteiger partial charge >= 0.3 is 5.97 Å². The van der Waals surface area contributed by atoms with Crippen molar-refractivity contribution in [2.24, 2.45) is 0 Å². The van der Waals surface area contributed by atoms with Crippen molar-refractivity contribution in [3.8, 4) is 11.5 Å². The lowest BCUT2D eigenvalue weighted by Crippen LogP contribution is -2.15. The Morgan fingerprint density at radius 2 is 1.61 bits per heavy atom. The molecule has 0 spiro atoms. The summed E-state index contributed by atoms with van der Waals surface area (Å²) in [7, 11) is -2.70. The summed E-state index contributed by atoms with van der Waals surface area (Å²) < 4.78 is 38.7. The molecule has 0 amide bonds. The fraction of sp³-hybridized carbons (Fsp3) is 0.0952. The van der Waals surface area contributed by atoms with Crippen LogP contribution in [0.15, 0.2) is 77.7 Å². The lowest BCUT2D eigenvalue weighted by Gasteiger charge is -2.14. The first-order valence-electron chi connectivity index (χ1n) is 8.44. The standard InChI is InChI=1S/C21H19NO5S/c1-15-12-13-17(14-18(15)21(23)26-2)28(24,25)22-19-10-6-7-11-20(19)27-16-8-4-3-5-9-16/h3-14,22H,1-2H3. The first-order chi connectivity index (χ1) is 13.4. The average Bonchev–Trinajstić information content (AvgIpc) is 2.69. The predicted octanol–water partition coefficient (Wildman–Crippen LogP) is 4.37. The number of hydrogen-bond donors (Lipinski definition) is 1. The molecule has 7 heteroatoms. The molecule has 0 aliphatic heterocycles. The van der Waals surface area contributed by atoms with Crippen molar-refractivity contribution in [3.05, 3.63) is 83.9 Å². The van der Waals surface area contributed by atoms with Crippen LogP contribution >= 0.6 is 0 Å². The van der Waals surface area contributed by atoms with Crippen LogP contribution in [0.5, 0.6) is 11.5 Å². The molecule has 0 bridgehead atoms. The van der Waals surface area contributed by atoms with Crippen LogP contribution in [0.25, 0.3) is 0 Å². The Bertz CT molecular complexity index is 1090. The molecule has 0 aliphatic carbocycles. The highest BCUT2D eigenvalue weighted by atomic mass is 32.2. The summed E-state index contributed by atoms with van der Waals surface area (Å²) in [5, 5.41) is 0. The van der Waals surface area contributed by atoms with Crippen molar-refractivity contribution in [2.75, 3.05) is 11.8 Å². The van der Waals surface area contributed by atoms with Gasteiger partial charge in [0, 0.05) is 0 Å². The first kappa shape index (κ1) is 19.4. The topological polar surface area (TPSA) is 81.7 Å². The van der Waals surface area contributed by atoms with Gasteiger partial charge in [0.1, 0.15) is 5.75 Å². The Morgan fingerprint density at radius 1 is 0.929 bits per heavy atom. The highest BCUT2D eigenvalue weighted by molar-refractivity contribution is 7.92. The molecule has 0 unspecified atom stereocenters. The van der Waals surface area contributed by atoms with Crippen LogP contribution in [0, 0.1) is 6.92 Å². The van der Waals surface area contributed by atoms with E-state index < -0.39 is 16.0 Å². The summed E-state index contributed by atoms with van der Waals surface area (Å²) >= 11 is 0. The Hall–Kier alpha value is -3.32. The molecule has 0 aliphatic rings. The van der Waals surface area contributed by atoms with Gasteiger partial charge in [0.05, 0.1) is 23.3 Å². The van der Waals surface area contributed by atoms with Crippen LogP contribution in [-0.2, 0) is 14.8 Å². The number of esters is 1. The van der Waals surface area contributed by atoms with Gasteiger partial charge in [0.2, 0.25) is 0 Å². The molecule has 0 radical (unpaired) electrons. The number of benzene rings is 3. The van der Waals surface area contributed by atoms with E-state index in [4.69, 9.17) is 9.47 Å². The first-order valence-corrected chi connectivity index (χ1v) is 9.93. The lowest BCUT2D eigenvalue weighted by atomic mass is 10.1. The minimum Gasteiger partial charge on any atom is -0.465 e. The monoisotopic (exact) mass is 397 g/mol. The molecule has 28 heavy (non-hydrogen) atoms. The van der Waals surface area contributed by atoms with Crippen LogP contribution in [0.2, 0.25) is 0 Å². The number of para-hydroxylation sites is 3. The molecule has 0 aromatic heterocycles. The van der Waals surface area contributed by atoms with E-state index in [2.05, 4.69) is 4.72 Å². The van der Waals surface area contributed by atoms with Crippen LogP contribution in [-0.4, -0.2) is 21.5 Å². The second kappa shape index (κ2) is 8.14. The highest BCUT2D eigenvalue weighted by Crippen LogP contribution is 2.31. The Morgan fingerprint density at radius 3 is 2.32 bits per heavy atom. The van der Waals surface area contributed by atoms with E-state index in [-0.39, 0.29) is 16.1 Å². The number of sulfonamides is 1. The van der Waals surface area contributed by atoms with E-state index >= 15 is 0 Å². The molecule has 0 fully saturated rings. The number of carbonyl (C=O) groups is 1. The zero-order chi connectivity index (χ0) is 20.1. The Balaban J connectivity index is 1.92. The highest BCUT2D eigenvalue weighted by Gasteiger charge is 2.20. The zero-order valence-electron chi connectivity index (χ0n) is 15.4. The van der Waals surface area contributed by atoms with Gasteiger partial charge in [-0.2, -0.15) is 0 Å². The van der Waals surface area contributed by atoms with E-state index in [1.165, 1.54) is 19.2 Å². The van der Waals surface area contributed by atoms with Crippen molar-refractivity contribution >= 4 is 21.7 Å². The number of hydrogen-bond acceptors (Lipinski definition) is 5. The van der Waals surface area contributed by atoms with E-state index in [1.807, 2.05) is 18.2 Å². The number of methoxy groups -OCH3 is 1. The smallest absolute Gasteiger partial charge is 0.338 e. The summed E-state index contributed by atoms with van der Waals surface area (Å²) in [6.07, 6.45) is 0. The Labute approximate surface area is 163 Å². The third kappa shape index (κ3) is 4.32. The molecular weight excluding hydrogens is 378 g/mol. The number of nitrogens with one attached hydrogen (secondary N) is 1. The van der Waals surface area contributed by atoms with Crippen molar-refractivity contribution < 1.29 is 22.7 Å². The molecule has 3 aromatic carbocycles. The fourth-order valence-corrected chi connectivity index (χ4v) is 3.65. The molecule has 0 saturated carbocycles. The van der Waals surface area contributed by atoms with E-state index in [1.54, 1.807) is 49.4 Å². The molecular formula is C21H19NO5S. The van der Waals surface area contributed by atoms with Gasteiger partial charge in [-0.05, 0) is 48.9 Å². The van der Waals surface area contributed by atoms with Gasteiger partial charge in [-0.15, -0.1) is 0 Å². The third-order valence-corrected chi connectivity index (χ3v) is 5.39. The van der Waals surface area contributed by atoms with Gasteiger partial charge < -0.3 is 9.47 Å². The quantitative estimate of drug-likeness (QED) is 0.625. The number of anilines is 1. The van der Waals surface area contributed by atoms with Gasteiger partial charge in [-0.3, -0.25) is 4.72 Å². The van der Waals surface area contributed by atoms with Gasteiger partial charge in [-0.25, -0.2) is 13.2 Å². The second-order valence-electron chi connectivity index (χ2n) is 5.99. The van der Waals surface area contributed by atoms with E-state index in [0.29, 0.717) is 17.1 Å². The lowest BCUT2D eigenvalue weighted by molar-refractivity contribution is 0.0599. The second-order valence-corrected chi connectivity index (χ2v) is 7.67. The SMILES string of the molecule is COC(=O)c1cc(S(=O)(=O)Nc2ccccc2Oc2ccccc2)ccc1C. The normalized spacial score (nSPS) is 10.9. The fourth-order valence-electron chi connectivity index (χ4n) is 2.56. The van der Waals surface area contributed by atoms with Gasteiger partial charge in [0.25, 0.3) is 10.0 Å². The summed E-state index contributed by atoms with van der Waals surface area (Å²) in [5.41, 5.74) is 1.10. The van der Waals surface area contributed by atoms with E-state index in [0.717, 1.165) is 0 Å². The minimum absolute atomic E-state index is 0.0481. The summed E-state index contributed by atoms with van der Waals surface area (Å²) in [6, 6.07) is 20.1. The molecule has 144 valence electrons. The van der Waals surface area contributed by atoms with E-state index in [9.17, 15) is 13.2 Å². The van der Waals surface area contributed by atoms with Crippen LogP contribution in [0.4, 0.5) is 5.69 Å². The predicted molar refractivity (Wildman–Crippen MR) is 106 cm³/mol. The number of ether oxygens (including phenoxy) is 2. The van der Waals surface area contributed by atoms with Crippen molar-refractivity contribution in [3.63, 3.8) is 0 Å². The molecule has 3 rings (SSSR count). The maximum absolute atomic E-state index is 12.9. The molecule has 0 atom stereocenters. The van der Waals surface area contributed by atoms with Crippen molar-refractivity contribution in [1.82, 2.24) is 0 Å². The zero-order valence-corrected chi connectivity index (χ0v) is 16.2. The number of carbonyl (C=O) groups excluding carboxylic acids is 1. The molecule has 1 N–H and O–H groups in total. The molecule has 6 nitrogen and oxygen atoms in total. The average molecular weight is 397 g/mol. The summed E-state index contributed by atoms with van der Waals surface area (Å²) in [4.78, 5) is 11.8. The summed E-state index contributed by atoms with van der Waals surface area (Å²) in [6.45, 7) is 1.71. The van der Waals surface area contributed by atoms with Gasteiger partial charge in [0.15, 0.2) is 5.75 Å². The molecule has 0 saturated heterocycles. The van der Waals surface area contributed by atoms with Crippen LogP contribution in [0.1, 0.15) is 15.9 Å². The number of rotatable bonds is 6. The minimum atomic E-state index is -3.95.